The Balaban J connectivity index is 2.23. The summed E-state index contributed by atoms with van der Waals surface area (Å²) in [5.74, 6) is 0.843. The lowest BCUT2D eigenvalue weighted by molar-refractivity contribution is 0.0963. The van der Waals surface area contributed by atoms with E-state index in [1.165, 1.54) is 12.8 Å². The molecule has 1 aliphatic rings. The minimum atomic E-state index is 0.218. The summed E-state index contributed by atoms with van der Waals surface area (Å²) in [4.78, 5) is 12.0. The molecular formula is C11H15BrN2O. The summed E-state index contributed by atoms with van der Waals surface area (Å²) < 4.78 is 2.62. The van der Waals surface area contributed by atoms with E-state index in [0.717, 1.165) is 10.2 Å². The zero-order valence-electron chi connectivity index (χ0n) is 9.03. The highest BCUT2D eigenvalue weighted by atomic mass is 79.9. The lowest BCUT2D eigenvalue weighted by Crippen LogP contribution is -2.13. The van der Waals surface area contributed by atoms with Crippen LogP contribution in [0.5, 0.6) is 0 Å². The maximum absolute atomic E-state index is 12.0. The lowest BCUT2D eigenvalue weighted by Gasteiger charge is -2.10. The molecule has 15 heavy (non-hydrogen) atoms. The minimum absolute atomic E-state index is 0.218. The highest BCUT2D eigenvalue weighted by Gasteiger charge is 2.28. The van der Waals surface area contributed by atoms with Crippen molar-refractivity contribution < 1.29 is 4.79 Å². The first-order valence-electron chi connectivity index (χ1n) is 5.35. The number of hydrogen-bond donors (Lipinski definition) is 0. The van der Waals surface area contributed by atoms with Crippen molar-refractivity contribution in [3.63, 3.8) is 0 Å². The Kier molecular flexibility index (Phi) is 2.96. The van der Waals surface area contributed by atoms with Crippen molar-refractivity contribution in [1.29, 1.82) is 0 Å². The van der Waals surface area contributed by atoms with Crippen molar-refractivity contribution >= 4 is 21.7 Å². The van der Waals surface area contributed by atoms with E-state index >= 15 is 0 Å². The Morgan fingerprint density at radius 2 is 2.33 bits per heavy atom. The minimum Gasteiger partial charge on any atom is -0.292 e. The molecule has 1 aliphatic carbocycles. The molecule has 0 atom stereocenters. The van der Waals surface area contributed by atoms with Crippen molar-refractivity contribution in [2.24, 2.45) is 5.92 Å². The molecule has 4 heteroatoms. The second-order valence-electron chi connectivity index (χ2n) is 4.45. The average molecular weight is 271 g/mol. The van der Waals surface area contributed by atoms with Gasteiger partial charge in [0.25, 0.3) is 0 Å². The van der Waals surface area contributed by atoms with Crippen LogP contribution in [-0.2, 0) is 0 Å². The second kappa shape index (κ2) is 4.08. The van der Waals surface area contributed by atoms with Gasteiger partial charge in [-0.3, -0.25) is 9.48 Å². The lowest BCUT2D eigenvalue weighted by atomic mass is 10.1. The number of halogens is 1. The first-order valence-corrected chi connectivity index (χ1v) is 6.15. The monoisotopic (exact) mass is 270 g/mol. The van der Waals surface area contributed by atoms with E-state index in [9.17, 15) is 4.79 Å². The molecule has 1 heterocycles. The van der Waals surface area contributed by atoms with Gasteiger partial charge in [0, 0.05) is 12.5 Å². The predicted octanol–water partition coefficient (Wildman–Crippen LogP) is 3.21. The van der Waals surface area contributed by atoms with Crippen LogP contribution in [0.1, 0.15) is 49.6 Å². The third-order valence-electron chi connectivity index (χ3n) is 2.68. The van der Waals surface area contributed by atoms with Crippen LogP contribution in [0.25, 0.3) is 0 Å². The molecular weight excluding hydrogens is 256 g/mol. The largest absolute Gasteiger partial charge is 0.292 e. The van der Waals surface area contributed by atoms with Crippen molar-refractivity contribution in [2.75, 3.05) is 0 Å². The standard InChI is InChI=1S/C11H15BrN2O/c1-7(2)14-11(9(12)6-13-14)10(15)5-8-3-4-8/h6-8H,3-5H2,1-2H3. The first kappa shape index (κ1) is 10.9. The number of aromatic nitrogens is 2. The van der Waals surface area contributed by atoms with Gasteiger partial charge < -0.3 is 0 Å². The molecule has 0 aliphatic heterocycles. The van der Waals surface area contributed by atoms with Crippen molar-refractivity contribution in [3.05, 3.63) is 16.4 Å². The van der Waals surface area contributed by atoms with Gasteiger partial charge in [0.05, 0.1) is 10.7 Å². The molecule has 0 amide bonds. The Bertz CT molecular complexity index is 380. The molecule has 0 N–H and O–H groups in total. The van der Waals surface area contributed by atoms with Crippen LogP contribution in [0.3, 0.4) is 0 Å². The third kappa shape index (κ3) is 2.30. The van der Waals surface area contributed by atoms with Crippen LogP contribution in [0.2, 0.25) is 0 Å². The number of carbonyl (C=O) groups excluding carboxylic acids is 1. The number of Topliss-reactive ketones (excluding diaryl/α,β-unsaturated/α-hetero) is 1. The second-order valence-corrected chi connectivity index (χ2v) is 5.30. The zero-order valence-corrected chi connectivity index (χ0v) is 10.6. The molecule has 2 rings (SSSR count). The maximum atomic E-state index is 12.0. The highest BCUT2D eigenvalue weighted by Crippen LogP contribution is 2.34. The summed E-state index contributed by atoms with van der Waals surface area (Å²) in [6, 6.07) is 0.231. The fraction of sp³-hybridized carbons (Fsp3) is 0.636. The number of carbonyl (C=O) groups is 1. The highest BCUT2D eigenvalue weighted by molar-refractivity contribution is 9.10. The summed E-state index contributed by atoms with van der Waals surface area (Å²) in [6.45, 7) is 4.07. The quantitative estimate of drug-likeness (QED) is 0.788. The van der Waals surface area contributed by atoms with Crippen LogP contribution in [0.15, 0.2) is 10.7 Å². The molecule has 0 spiro atoms. The molecule has 1 saturated carbocycles. The van der Waals surface area contributed by atoms with E-state index < -0.39 is 0 Å². The van der Waals surface area contributed by atoms with E-state index in [4.69, 9.17) is 0 Å². The topological polar surface area (TPSA) is 34.9 Å². The van der Waals surface area contributed by atoms with Crippen molar-refractivity contribution in [2.45, 2.75) is 39.2 Å². The first-order chi connectivity index (χ1) is 7.09. The SMILES string of the molecule is CC(C)n1ncc(Br)c1C(=O)CC1CC1. The summed E-state index contributed by atoms with van der Waals surface area (Å²) in [5.41, 5.74) is 0.733. The number of hydrogen-bond acceptors (Lipinski definition) is 2. The number of nitrogens with zero attached hydrogens (tertiary/aromatic N) is 2. The Morgan fingerprint density at radius 1 is 1.67 bits per heavy atom. The van der Waals surface area contributed by atoms with Crippen LogP contribution < -0.4 is 0 Å². The summed E-state index contributed by atoms with van der Waals surface area (Å²) >= 11 is 3.39. The smallest absolute Gasteiger partial charge is 0.182 e. The van der Waals surface area contributed by atoms with Gasteiger partial charge in [-0.25, -0.2) is 0 Å². The van der Waals surface area contributed by atoms with Gasteiger partial charge in [0.2, 0.25) is 0 Å². The Hall–Kier alpha value is -0.640. The molecule has 0 aromatic carbocycles. The van der Waals surface area contributed by atoms with E-state index in [2.05, 4.69) is 21.0 Å². The van der Waals surface area contributed by atoms with Gasteiger partial charge in [-0.1, -0.05) is 0 Å². The molecule has 1 fully saturated rings. The fourth-order valence-electron chi connectivity index (χ4n) is 1.67. The van der Waals surface area contributed by atoms with Crippen LogP contribution in [0, 0.1) is 5.92 Å². The van der Waals surface area contributed by atoms with E-state index in [0.29, 0.717) is 12.3 Å². The summed E-state index contributed by atoms with van der Waals surface area (Å²) in [6.07, 6.45) is 4.80. The van der Waals surface area contributed by atoms with Crippen molar-refractivity contribution in [3.8, 4) is 0 Å². The van der Waals surface area contributed by atoms with Gasteiger partial charge in [-0.2, -0.15) is 5.10 Å². The molecule has 0 radical (unpaired) electrons. The molecule has 0 unspecified atom stereocenters. The van der Waals surface area contributed by atoms with Gasteiger partial charge in [-0.15, -0.1) is 0 Å². The third-order valence-corrected chi connectivity index (χ3v) is 3.26. The Labute approximate surface area is 98.0 Å². The van der Waals surface area contributed by atoms with Gasteiger partial charge >= 0.3 is 0 Å². The van der Waals surface area contributed by atoms with Gasteiger partial charge in [0.15, 0.2) is 5.78 Å². The molecule has 82 valence electrons. The van der Waals surface area contributed by atoms with Crippen molar-refractivity contribution in [1.82, 2.24) is 9.78 Å². The van der Waals surface area contributed by atoms with E-state index in [-0.39, 0.29) is 11.8 Å². The van der Waals surface area contributed by atoms with Crippen LogP contribution >= 0.6 is 15.9 Å². The normalized spacial score (nSPS) is 16.0. The molecule has 0 saturated heterocycles. The fourth-order valence-corrected chi connectivity index (χ4v) is 2.17. The predicted molar refractivity (Wildman–Crippen MR) is 62.0 cm³/mol. The molecule has 1 aromatic heterocycles. The number of rotatable bonds is 4. The molecule has 0 bridgehead atoms. The average Bonchev–Trinajstić information content (AvgIpc) is 2.86. The summed E-state index contributed by atoms with van der Waals surface area (Å²) in [7, 11) is 0. The van der Waals surface area contributed by atoms with Gasteiger partial charge in [-0.05, 0) is 48.5 Å². The van der Waals surface area contributed by atoms with Crippen LogP contribution in [-0.4, -0.2) is 15.6 Å². The maximum Gasteiger partial charge on any atom is 0.182 e. The zero-order chi connectivity index (χ0) is 11.0. The molecule has 1 aromatic rings. The Morgan fingerprint density at radius 3 is 2.87 bits per heavy atom. The van der Waals surface area contributed by atoms with Gasteiger partial charge in [0.1, 0.15) is 5.69 Å². The van der Waals surface area contributed by atoms with Crippen LogP contribution in [0.4, 0.5) is 0 Å². The summed E-state index contributed by atoms with van der Waals surface area (Å²) in [5, 5.41) is 4.21. The molecule has 3 nitrogen and oxygen atoms in total. The van der Waals surface area contributed by atoms with E-state index in [1.807, 2.05) is 13.8 Å². The van der Waals surface area contributed by atoms with E-state index in [1.54, 1.807) is 10.9 Å². The number of ketones is 1.